The zero-order valence-corrected chi connectivity index (χ0v) is 22.1. The molecule has 9 heteroatoms. The average Bonchev–Trinajstić information content (AvgIpc) is 2.94. The molecule has 9 nitrogen and oxygen atoms in total. The van der Waals surface area contributed by atoms with E-state index < -0.39 is 29.7 Å². The van der Waals surface area contributed by atoms with Crippen LogP contribution in [0.15, 0.2) is 84.9 Å². The van der Waals surface area contributed by atoms with Crippen LogP contribution in [0.2, 0.25) is 0 Å². The standard InChI is InChI=1S/C31H28O9/c1-20(2)28(33)37-18-16-22-4-12-26(13-5-22)39-30(35)24-8-10-25(11-9-24)31(36)40-27-14-6-23(7-15-27)17-19-38-29(34)21(3)32/h4-15H,1,16-19H2,2-3H3. The molecular formula is C31H28O9. The number of ether oxygens (including phenoxy) is 4. The van der Waals surface area contributed by atoms with E-state index in [-0.39, 0.29) is 24.3 Å². The maximum absolute atomic E-state index is 12.5. The number of hydrogen-bond acceptors (Lipinski definition) is 9. The first-order valence-electron chi connectivity index (χ1n) is 12.3. The number of carbonyl (C=O) groups is 5. The number of benzene rings is 3. The zero-order chi connectivity index (χ0) is 29.1. The van der Waals surface area contributed by atoms with Crippen LogP contribution in [-0.2, 0) is 36.7 Å². The Morgan fingerprint density at radius 3 is 1.30 bits per heavy atom. The molecule has 3 aromatic rings. The predicted octanol–water partition coefficient (Wildman–Crippen LogP) is 4.46. The van der Waals surface area contributed by atoms with Crippen molar-refractivity contribution in [3.63, 3.8) is 0 Å². The van der Waals surface area contributed by atoms with Crippen LogP contribution >= 0.6 is 0 Å². The number of ketones is 1. The van der Waals surface area contributed by atoms with Gasteiger partial charge in [-0.05, 0) is 66.6 Å². The predicted molar refractivity (Wildman–Crippen MR) is 144 cm³/mol. The summed E-state index contributed by atoms with van der Waals surface area (Å²) < 4.78 is 20.7. The molecule has 206 valence electrons. The monoisotopic (exact) mass is 544 g/mol. The summed E-state index contributed by atoms with van der Waals surface area (Å²) in [5, 5.41) is 0. The van der Waals surface area contributed by atoms with E-state index in [2.05, 4.69) is 6.58 Å². The van der Waals surface area contributed by atoms with Gasteiger partial charge in [-0.1, -0.05) is 30.8 Å². The maximum Gasteiger partial charge on any atom is 0.374 e. The second-order valence-electron chi connectivity index (χ2n) is 8.75. The van der Waals surface area contributed by atoms with Crippen LogP contribution in [0.25, 0.3) is 0 Å². The third-order valence-electron chi connectivity index (χ3n) is 5.51. The zero-order valence-electron chi connectivity index (χ0n) is 22.1. The molecule has 0 heterocycles. The summed E-state index contributed by atoms with van der Waals surface area (Å²) in [6.07, 6.45) is 0.913. The van der Waals surface area contributed by atoms with E-state index in [1.54, 1.807) is 55.5 Å². The molecule has 3 rings (SSSR count). The number of carbonyl (C=O) groups excluding carboxylic acids is 5. The maximum atomic E-state index is 12.5. The Morgan fingerprint density at radius 2 is 0.950 bits per heavy atom. The number of Topliss-reactive ketones (excluding diaryl/α,β-unsaturated/α-hetero) is 1. The Hall–Kier alpha value is -5.05. The summed E-state index contributed by atoms with van der Waals surface area (Å²) in [5.74, 6) is -2.51. The fourth-order valence-corrected chi connectivity index (χ4v) is 3.27. The molecule has 0 aromatic heterocycles. The van der Waals surface area contributed by atoms with Crippen LogP contribution in [0.1, 0.15) is 45.7 Å². The fourth-order valence-electron chi connectivity index (χ4n) is 3.27. The minimum atomic E-state index is -0.879. The Morgan fingerprint density at radius 1 is 0.575 bits per heavy atom. The van der Waals surface area contributed by atoms with Gasteiger partial charge in [0.1, 0.15) is 11.5 Å². The van der Waals surface area contributed by atoms with Crippen molar-refractivity contribution < 1.29 is 42.9 Å². The van der Waals surface area contributed by atoms with Gasteiger partial charge in [-0.3, -0.25) is 4.79 Å². The fraction of sp³-hybridized carbons (Fsp3) is 0.194. The molecule has 0 aliphatic carbocycles. The van der Waals surface area contributed by atoms with Gasteiger partial charge in [-0.2, -0.15) is 0 Å². The molecule has 0 amide bonds. The van der Waals surface area contributed by atoms with Crippen molar-refractivity contribution >= 4 is 29.7 Å². The summed E-state index contributed by atoms with van der Waals surface area (Å²) in [7, 11) is 0. The smallest absolute Gasteiger partial charge is 0.374 e. The minimum absolute atomic E-state index is 0.0619. The van der Waals surface area contributed by atoms with Crippen molar-refractivity contribution in [2.45, 2.75) is 26.7 Å². The van der Waals surface area contributed by atoms with E-state index >= 15 is 0 Å². The highest BCUT2D eigenvalue weighted by atomic mass is 16.5. The highest BCUT2D eigenvalue weighted by molar-refractivity contribution is 6.32. The largest absolute Gasteiger partial charge is 0.462 e. The van der Waals surface area contributed by atoms with Gasteiger partial charge in [0.2, 0.25) is 5.78 Å². The van der Waals surface area contributed by atoms with Crippen LogP contribution in [-0.4, -0.2) is 42.9 Å². The molecule has 0 radical (unpaired) electrons. The number of esters is 4. The molecule has 0 bridgehead atoms. The van der Waals surface area contributed by atoms with Crippen LogP contribution in [0, 0.1) is 0 Å². The lowest BCUT2D eigenvalue weighted by Gasteiger charge is -2.08. The molecule has 0 atom stereocenters. The summed E-state index contributed by atoms with van der Waals surface area (Å²) >= 11 is 0. The Labute approximate surface area is 231 Å². The quantitative estimate of drug-likeness (QED) is 0.141. The normalized spacial score (nSPS) is 10.2. The first-order chi connectivity index (χ1) is 19.1. The van der Waals surface area contributed by atoms with Crippen LogP contribution in [0.5, 0.6) is 11.5 Å². The van der Waals surface area contributed by atoms with E-state index in [4.69, 9.17) is 18.9 Å². The molecule has 0 saturated carbocycles. The van der Waals surface area contributed by atoms with E-state index in [1.807, 2.05) is 0 Å². The molecule has 0 saturated heterocycles. The lowest BCUT2D eigenvalue weighted by molar-refractivity contribution is -0.152. The van der Waals surface area contributed by atoms with Gasteiger partial charge in [0.15, 0.2) is 0 Å². The number of hydrogen-bond donors (Lipinski definition) is 0. The second kappa shape index (κ2) is 14.2. The summed E-state index contributed by atoms with van der Waals surface area (Å²) in [5.41, 5.74) is 2.57. The van der Waals surface area contributed by atoms with Gasteiger partial charge in [-0.25, -0.2) is 19.2 Å². The third kappa shape index (κ3) is 9.05. The molecule has 0 aliphatic rings. The summed E-state index contributed by atoms with van der Waals surface area (Å²) in [6, 6.07) is 19.3. The topological polar surface area (TPSA) is 122 Å². The first kappa shape index (κ1) is 29.5. The van der Waals surface area contributed by atoms with Crippen molar-refractivity contribution in [1.29, 1.82) is 0 Å². The molecule has 0 fully saturated rings. The number of rotatable bonds is 12. The molecule has 0 unspecified atom stereocenters. The molecule has 0 aliphatic heterocycles. The van der Waals surface area contributed by atoms with Gasteiger partial charge >= 0.3 is 23.9 Å². The van der Waals surface area contributed by atoms with E-state index in [0.29, 0.717) is 29.9 Å². The highest BCUT2D eigenvalue weighted by Crippen LogP contribution is 2.17. The van der Waals surface area contributed by atoms with Gasteiger partial charge in [-0.15, -0.1) is 0 Å². The highest BCUT2D eigenvalue weighted by Gasteiger charge is 2.13. The molecule has 3 aromatic carbocycles. The Kier molecular flexibility index (Phi) is 10.5. The average molecular weight is 545 g/mol. The molecular weight excluding hydrogens is 516 g/mol. The van der Waals surface area contributed by atoms with E-state index in [0.717, 1.165) is 18.1 Å². The van der Waals surface area contributed by atoms with Crippen LogP contribution in [0.4, 0.5) is 0 Å². The minimum Gasteiger partial charge on any atom is -0.462 e. The van der Waals surface area contributed by atoms with Crippen LogP contribution < -0.4 is 9.47 Å². The summed E-state index contributed by atoms with van der Waals surface area (Å²) in [4.78, 5) is 58.5. The SMILES string of the molecule is C=C(C)C(=O)OCCc1ccc(OC(=O)c2ccc(C(=O)Oc3ccc(CCOC(=O)C(C)=O)cc3)cc2)cc1. The summed E-state index contributed by atoms with van der Waals surface area (Å²) in [6.45, 7) is 6.53. The van der Waals surface area contributed by atoms with Crippen molar-refractivity contribution in [3.8, 4) is 11.5 Å². The van der Waals surface area contributed by atoms with Crippen molar-refractivity contribution in [2.75, 3.05) is 13.2 Å². The lowest BCUT2D eigenvalue weighted by atomic mass is 10.1. The first-order valence-corrected chi connectivity index (χ1v) is 12.3. The van der Waals surface area contributed by atoms with Gasteiger partial charge in [0, 0.05) is 25.3 Å². The molecule has 40 heavy (non-hydrogen) atoms. The van der Waals surface area contributed by atoms with Gasteiger partial charge in [0.05, 0.1) is 24.3 Å². The van der Waals surface area contributed by atoms with Crippen molar-refractivity contribution in [2.24, 2.45) is 0 Å². The Bertz CT molecular complexity index is 1280. The van der Waals surface area contributed by atoms with Gasteiger partial charge in [0.25, 0.3) is 0 Å². The Balaban J connectivity index is 1.47. The van der Waals surface area contributed by atoms with E-state index in [1.165, 1.54) is 24.3 Å². The lowest BCUT2D eigenvalue weighted by Crippen LogP contribution is -2.15. The second-order valence-corrected chi connectivity index (χ2v) is 8.75. The van der Waals surface area contributed by atoms with Gasteiger partial charge < -0.3 is 18.9 Å². The molecule has 0 spiro atoms. The molecule has 0 N–H and O–H groups in total. The van der Waals surface area contributed by atoms with Crippen molar-refractivity contribution in [1.82, 2.24) is 0 Å². The third-order valence-corrected chi connectivity index (χ3v) is 5.51. The van der Waals surface area contributed by atoms with Crippen molar-refractivity contribution in [3.05, 3.63) is 107 Å². The van der Waals surface area contributed by atoms with E-state index in [9.17, 15) is 24.0 Å². The van der Waals surface area contributed by atoms with Crippen LogP contribution in [0.3, 0.4) is 0 Å².